The SMILES string of the molecule is Cc1cc(F)cc(-c2nccc3[nH]c(-c4n[nH]c5ccc(-c6ccncc6)cc45)cc23)c1. The van der Waals surface area contributed by atoms with Crippen molar-refractivity contribution in [2.24, 2.45) is 0 Å². The summed E-state index contributed by atoms with van der Waals surface area (Å²) in [5.74, 6) is -0.267. The Kier molecular flexibility index (Phi) is 4.11. The average Bonchev–Trinajstić information content (AvgIpc) is 3.42. The molecule has 2 aromatic carbocycles. The van der Waals surface area contributed by atoms with Gasteiger partial charge < -0.3 is 4.98 Å². The summed E-state index contributed by atoms with van der Waals surface area (Å²) in [5.41, 5.74) is 8.12. The van der Waals surface area contributed by atoms with Crippen LogP contribution in [0.2, 0.25) is 0 Å². The van der Waals surface area contributed by atoms with Gasteiger partial charge >= 0.3 is 0 Å². The maximum Gasteiger partial charge on any atom is 0.124 e. The van der Waals surface area contributed by atoms with E-state index in [0.717, 1.165) is 61.1 Å². The number of rotatable bonds is 3. The Balaban J connectivity index is 1.52. The lowest BCUT2D eigenvalue weighted by atomic mass is 10.0. The van der Waals surface area contributed by atoms with Crippen LogP contribution >= 0.6 is 0 Å². The lowest BCUT2D eigenvalue weighted by Gasteiger charge is -2.04. The predicted octanol–water partition coefficient (Wildman–Crippen LogP) is 6.28. The third-order valence-electron chi connectivity index (χ3n) is 5.70. The molecule has 0 amide bonds. The lowest BCUT2D eigenvalue weighted by molar-refractivity contribution is 0.627. The molecule has 0 bridgehead atoms. The first kappa shape index (κ1) is 18.4. The first-order valence-electron chi connectivity index (χ1n) is 10.3. The maximum atomic E-state index is 14.0. The molecule has 0 radical (unpaired) electrons. The van der Waals surface area contributed by atoms with Crippen LogP contribution in [0.25, 0.3) is 55.6 Å². The van der Waals surface area contributed by atoms with Crippen LogP contribution in [0.1, 0.15) is 5.56 Å². The molecule has 0 saturated carbocycles. The number of nitrogens with one attached hydrogen (secondary N) is 2. The number of nitrogens with zero attached hydrogens (tertiary/aromatic N) is 3. The third-order valence-corrected chi connectivity index (χ3v) is 5.70. The predicted molar refractivity (Wildman–Crippen MR) is 125 cm³/mol. The zero-order chi connectivity index (χ0) is 21.7. The smallest absolute Gasteiger partial charge is 0.124 e. The number of H-pyrrole nitrogens is 2. The van der Waals surface area contributed by atoms with Crippen molar-refractivity contribution in [3.8, 4) is 33.8 Å². The number of aryl methyl sites for hydroxylation is 1. The van der Waals surface area contributed by atoms with Gasteiger partial charge in [-0.3, -0.25) is 15.1 Å². The Bertz CT molecular complexity index is 1580. The maximum absolute atomic E-state index is 14.0. The van der Waals surface area contributed by atoms with E-state index in [1.807, 2.05) is 43.3 Å². The zero-order valence-electron chi connectivity index (χ0n) is 17.2. The van der Waals surface area contributed by atoms with E-state index in [-0.39, 0.29) is 5.82 Å². The van der Waals surface area contributed by atoms with Gasteiger partial charge in [-0.25, -0.2) is 4.39 Å². The summed E-state index contributed by atoms with van der Waals surface area (Å²) >= 11 is 0. The first-order valence-corrected chi connectivity index (χ1v) is 10.3. The molecule has 4 aromatic heterocycles. The van der Waals surface area contributed by atoms with Crippen LogP contribution in [0, 0.1) is 12.7 Å². The number of fused-ring (bicyclic) bond motifs is 2. The van der Waals surface area contributed by atoms with E-state index in [4.69, 9.17) is 0 Å². The van der Waals surface area contributed by atoms with Crippen molar-refractivity contribution >= 4 is 21.8 Å². The molecule has 4 heterocycles. The van der Waals surface area contributed by atoms with Crippen molar-refractivity contribution < 1.29 is 4.39 Å². The summed E-state index contributed by atoms with van der Waals surface area (Å²) < 4.78 is 14.0. The molecular formula is C26H18FN5. The van der Waals surface area contributed by atoms with Gasteiger partial charge in [0.2, 0.25) is 0 Å². The summed E-state index contributed by atoms with van der Waals surface area (Å²) in [5, 5.41) is 9.64. The number of pyridine rings is 2. The van der Waals surface area contributed by atoms with Crippen LogP contribution < -0.4 is 0 Å². The largest absolute Gasteiger partial charge is 0.353 e. The highest BCUT2D eigenvalue weighted by Crippen LogP contribution is 2.34. The van der Waals surface area contributed by atoms with E-state index in [9.17, 15) is 4.39 Å². The number of aromatic amines is 2. The minimum Gasteiger partial charge on any atom is -0.353 e. The molecule has 0 fully saturated rings. The molecule has 0 unspecified atom stereocenters. The Morgan fingerprint density at radius 2 is 1.56 bits per heavy atom. The minimum atomic E-state index is -0.267. The third kappa shape index (κ3) is 3.04. The Morgan fingerprint density at radius 1 is 0.719 bits per heavy atom. The Morgan fingerprint density at radius 3 is 2.41 bits per heavy atom. The van der Waals surface area contributed by atoms with Crippen molar-refractivity contribution in [1.29, 1.82) is 0 Å². The van der Waals surface area contributed by atoms with Gasteiger partial charge in [-0.1, -0.05) is 6.07 Å². The fraction of sp³-hybridized carbons (Fsp3) is 0.0385. The molecule has 0 aliphatic heterocycles. The number of hydrogen-bond donors (Lipinski definition) is 2. The molecule has 6 rings (SSSR count). The molecule has 6 aromatic rings. The first-order chi connectivity index (χ1) is 15.7. The van der Waals surface area contributed by atoms with Gasteiger partial charge in [0.25, 0.3) is 0 Å². The minimum absolute atomic E-state index is 0.267. The van der Waals surface area contributed by atoms with Gasteiger partial charge in [0.1, 0.15) is 11.5 Å². The van der Waals surface area contributed by atoms with Gasteiger partial charge in [0, 0.05) is 40.4 Å². The highest BCUT2D eigenvalue weighted by molar-refractivity contribution is 6.00. The second kappa shape index (κ2) is 7.13. The van der Waals surface area contributed by atoms with Gasteiger partial charge in [0.05, 0.1) is 16.9 Å². The van der Waals surface area contributed by atoms with Crippen LogP contribution in [-0.2, 0) is 0 Å². The van der Waals surface area contributed by atoms with E-state index < -0.39 is 0 Å². The molecule has 6 heteroatoms. The highest BCUT2D eigenvalue weighted by Gasteiger charge is 2.15. The van der Waals surface area contributed by atoms with E-state index in [0.29, 0.717) is 0 Å². The molecule has 32 heavy (non-hydrogen) atoms. The summed E-state index contributed by atoms with van der Waals surface area (Å²) in [6.45, 7) is 1.88. The van der Waals surface area contributed by atoms with Crippen LogP contribution in [0.4, 0.5) is 4.39 Å². The highest BCUT2D eigenvalue weighted by atomic mass is 19.1. The van der Waals surface area contributed by atoms with E-state index in [2.05, 4.69) is 37.3 Å². The van der Waals surface area contributed by atoms with E-state index in [1.54, 1.807) is 18.6 Å². The van der Waals surface area contributed by atoms with Crippen molar-refractivity contribution in [3.05, 3.63) is 90.6 Å². The van der Waals surface area contributed by atoms with Gasteiger partial charge in [-0.15, -0.1) is 0 Å². The Hall–Kier alpha value is -4.32. The number of aromatic nitrogens is 5. The Labute approximate surface area is 183 Å². The van der Waals surface area contributed by atoms with E-state index in [1.165, 1.54) is 12.1 Å². The van der Waals surface area contributed by atoms with Crippen LogP contribution in [0.3, 0.4) is 0 Å². The molecule has 0 saturated heterocycles. The van der Waals surface area contributed by atoms with Crippen molar-refractivity contribution in [1.82, 2.24) is 25.1 Å². The standard InChI is InChI=1S/C26H18FN5/c1-15-10-18(12-19(27)11-15)25-21-14-24(30-22(21)6-9-29-25)26-20-13-17(2-3-23(20)31-32-26)16-4-7-28-8-5-16/h2-14,30H,1H3,(H,31,32). The molecule has 2 N–H and O–H groups in total. The molecule has 0 aliphatic carbocycles. The van der Waals surface area contributed by atoms with Gasteiger partial charge in [-0.2, -0.15) is 5.10 Å². The van der Waals surface area contributed by atoms with Crippen molar-refractivity contribution in [2.45, 2.75) is 6.92 Å². The summed E-state index contributed by atoms with van der Waals surface area (Å²) in [6, 6.07) is 19.2. The monoisotopic (exact) mass is 419 g/mol. The summed E-state index contributed by atoms with van der Waals surface area (Å²) in [7, 11) is 0. The molecule has 5 nitrogen and oxygen atoms in total. The van der Waals surface area contributed by atoms with Crippen molar-refractivity contribution in [2.75, 3.05) is 0 Å². The van der Waals surface area contributed by atoms with Crippen LogP contribution in [0.5, 0.6) is 0 Å². The van der Waals surface area contributed by atoms with Crippen LogP contribution in [-0.4, -0.2) is 25.1 Å². The van der Waals surface area contributed by atoms with Gasteiger partial charge in [-0.05, 0) is 78.2 Å². The van der Waals surface area contributed by atoms with Gasteiger partial charge in [0.15, 0.2) is 0 Å². The van der Waals surface area contributed by atoms with Crippen molar-refractivity contribution in [3.63, 3.8) is 0 Å². The number of hydrogen-bond acceptors (Lipinski definition) is 3. The van der Waals surface area contributed by atoms with Crippen LogP contribution in [0.15, 0.2) is 79.3 Å². The zero-order valence-corrected chi connectivity index (χ0v) is 17.2. The lowest BCUT2D eigenvalue weighted by Crippen LogP contribution is -1.87. The quantitative estimate of drug-likeness (QED) is 0.354. The molecule has 0 aliphatic rings. The molecule has 154 valence electrons. The fourth-order valence-corrected chi connectivity index (χ4v) is 4.23. The average molecular weight is 419 g/mol. The second-order valence-electron chi connectivity index (χ2n) is 7.89. The topological polar surface area (TPSA) is 70.2 Å². The molecule has 0 spiro atoms. The molecule has 0 atom stereocenters. The summed E-state index contributed by atoms with van der Waals surface area (Å²) in [4.78, 5) is 12.1. The fourth-order valence-electron chi connectivity index (χ4n) is 4.23. The number of halogens is 1. The molecular weight excluding hydrogens is 401 g/mol. The van der Waals surface area contributed by atoms with E-state index >= 15 is 0 Å². The normalized spacial score (nSPS) is 11.4. The summed E-state index contributed by atoms with van der Waals surface area (Å²) in [6.07, 6.45) is 5.31. The second-order valence-corrected chi connectivity index (χ2v) is 7.89. The number of benzene rings is 2.